The number of benzene rings is 2. The molecule has 2 aromatic carbocycles. The molecule has 3 aromatic rings. The summed E-state index contributed by atoms with van der Waals surface area (Å²) in [6, 6.07) is 11.3. The second kappa shape index (κ2) is 7.70. The molecule has 0 aliphatic heterocycles. The van der Waals surface area contributed by atoms with Crippen LogP contribution in [-0.4, -0.2) is 33.4 Å². The van der Waals surface area contributed by atoms with Gasteiger partial charge in [0.1, 0.15) is 11.5 Å². The zero-order chi connectivity index (χ0) is 20.3. The Labute approximate surface area is 160 Å². The van der Waals surface area contributed by atoms with Gasteiger partial charge >= 0.3 is 6.03 Å². The zero-order valence-electron chi connectivity index (χ0n) is 15.0. The number of rotatable bonds is 6. The van der Waals surface area contributed by atoms with Crippen molar-refractivity contribution < 1.29 is 19.4 Å². The lowest BCUT2D eigenvalue weighted by molar-refractivity contribution is 0.0996. The van der Waals surface area contributed by atoms with Crippen molar-refractivity contribution in [2.24, 2.45) is 11.5 Å². The van der Waals surface area contributed by atoms with Crippen LogP contribution in [0, 0.1) is 0 Å². The molecule has 28 heavy (non-hydrogen) atoms. The van der Waals surface area contributed by atoms with Gasteiger partial charge in [-0.3, -0.25) is 4.79 Å². The largest absolute Gasteiger partial charge is 0.508 e. The fourth-order valence-corrected chi connectivity index (χ4v) is 2.75. The average molecular weight is 381 g/mol. The molecule has 0 unspecified atom stereocenters. The molecule has 144 valence electrons. The number of phenolic OH excluding ortho intramolecular Hbond substituents is 1. The smallest absolute Gasteiger partial charge is 0.316 e. The van der Waals surface area contributed by atoms with Gasteiger partial charge in [0.15, 0.2) is 5.69 Å². The van der Waals surface area contributed by atoms with Crippen LogP contribution in [0.1, 0.15) is 17.4 Å². The highest BCUT2D eigenvalue weighted by Gasteiger charge is 2.17. The van der Waals surface area contributed by atoms with E-state index in [1.165, 1.54) is 10.9 Å². The molecule has 6 N–H and O–H groups in total. The van der Waals surface area contributed by atoms with Gasteiger partial charge < -0.3 is 26.6 Å². The number of amides is 3. The number of nitrogens with one attached hydrogen (secondary N) is 1. The Morgan fingerprint density at radius 3 is 2.64 bits per heavy atom. The van der Waals surface area contributed by atoms with Gasteiger partial charge in [-0.1, -0.05) is 12.1 Å². The van der Waals surface area contributed by atoms with Crippen LogP contribution in [0.15, 0.2) is 48.7 Å². The number of anilines is 1. The Hall–Kier alpha value is -4.01. The van der Waals surface area contributed by atoms with E-state index in [1.807, 2.05) is 19.1 Å². The lowest BCUT2D eigenvalue weighted by Gasteiger charge is -2.13. The van der Waals surface area contributed by atoms with E-state index in [0.29, 0.717) is 18.0 Å². The normalized spacial score (nSPS) is 10.5. The van der Waals surface area contributed by atoms with Crippen LogP contribution < -0.4 is 21.5 Å². The molecule has 0 saturated heterocycles. The van der Waals surface area contributed by atoms with E-state index in [4.69, 9.17) is 16.2 Å². The third kappa shape index (κ3) is 3.88. The summed E-state index contributed by atoms with van der Waals surface area (Å²) in [4.78, 5) is 22.7. The van der Waals surface area contributed by atoms with Crippen LogP contribution in [0.4, 0.5) is 10.5 Å². The second-order valence-electron chi connectivity index (χ2n) is 5.85. The van der Waals surface area contributed by atoms with Gasteiger partial charge in [-0.15, -0.1) is 0 Å². The third-order valence-corrected chi connectivity index (χ3v) is 3.89. The zero-order valence-corrected chi connectivity index (χ0v) is 15.0. The van der Waals surface area contributed by atoms with Crippen LogP contribution in [0.3, 0.4) is 0 Å². The minimum Gasteiger partial charge on any atom is -0.508 e. The van der Waals surface area contributed by atoms with Crippen molar-refractivity contribution in [1.82, 2.24) is 9.78 Å². The highest BCUT2D eigenvalue weighted by atomic mass is 16.5. The molecule has 0 saturated carbocycles. The maximum atomic E-state index is 11.6. The van der Waals surface area contributed by atoms with Gasteiger partial charge in [0.2, 0.25) is 0 Å². The molecule has 0 fully saturated rings. The van der Waals surface area contributed by atoms with Crippen LogP contribution in [-0.2, 0) is 0 Å². The predicted molar refractivity (Wildman–Crippen MR) is 104 cm³/mol. The fourth-order valence-electron chi connectivity index (χ4n) is 2.75. The highest BCUT2D eigenvalue weighted by Crippen LogP contribution is 2.34. The number of aromatic hydroxyl groups is 1. The summed E-state index contributed by atoms with van der Waals surface area (Å²) in [6.45, 7) is 2.28. The van der Waals surface area contributed by atoms with Gasteiger partial charge in [-0.05, 0) is 36.8 Å². The molecule has 3 rings (SSSR count). The SMILES string of the molecule is CCOc1cc(-n2cc(NC(N)=O)c(C(N)=O)n2)ccc1-c1cccc(O)c1. The summed E-state index contributed by atoms with van der Waals surface area (Å²) in [5, 5.41) is 16.2. The second-order valence-corrected chi connectivity index (χ2v) is 5.85. The van der Waals surface area contributed by atoms with Gasteiger partial charge in [0, 0.05) is 11.6 Å². The first kappa shape index (κ1) is 18.8. The maximum absolute atomic E-state index is 11.6. The molecule has 1 heterocycles. The van der Waals surface area contributed by atoms with Crippen molar-refractivity contribution in [3.8, 4) is 28.3 Å². The number of nitrogens with zero attached hydrogens (tertiary/aromatic N) is 2. The molecule has 0 aliphatic carbocycles. The predicted octanol–water partition coefficient (Wildman–Crippen LogP) is 2.23. The number of carbonyl (C=O) groups is 2. The third-order valence-electron chi connectivity index (χ3n) is 3.89. The number of aromatic nitrogens is 2. The lowest BCUT2D eigenvalue weighted by Crippen LogP contribution is -2.22. The van der Waals surface area contributed by atoms with Crippen molar-refractivity contribution >= 4 is 17.6 Å². The Balaban J connectivity index is 2.07. The lowest BCUT2D eigenvalue weighted by atomic mass is 10.0. The topological polar surface area (TPSA) is 145 Å². The van der Waals surface area contributed by atoms with Crippen LogP contribution >= 0.6 is 0 Å². The highest BCUT2D eigenvalue weighted by molar-refractivity contribution is 6.00. The Morgan fingerprint density at radius 1 is 1.21 bits per heavy atom. The summed E-state index contributed by atoms with van der Waals surface area (Å²) < 4.78 is 7.13. The minimum atomic E-state index is -0.837. The fraction of sp³-hybridized carbons (Fsp3) is 0.105. The molecular formula is C19H19N5O4. The standard InChI is InChI=1S/C19H19N5O4/c1-2-28-16-9-12(6-7-14(16)11-4-3-5-13(25)8-11)24-10-15(22-19(21)27)17(23-24)18(20)26/h3-10,25H,2H2,1H3,(H2,20,26)(H3,21,22,27). The molecule has 9 heteroatoms. The molecular weight excluding hydrogens is 362 g/mol. The number of primary amides is 2. The van der Waals surface area contributed by atoms with Crippen LogP contribution in [0.2, 0.25) is 0 Å². The van der Waals surface area contributed by atoms with Gasteiger partial charge in [0.25, 0.3) is 5.91 Å². The first-order valence-electron chi connectivity index (χ1n) is 8.41. The van der Waals surface area contributed by atoms with Gasteiger partial charge in [-0.2, -0.15) is 5.10 Å². The van der Waals surface area contributed by atoms with E-state index in [9.17, 15) is 14.7 Å². The van der Waals surface area contributed by atoms with Crippen molar-refractivity contribution in [1.29, 1.82) is 0 Å². The van der Waals surface area contributed by atoms with Gasteiger partial charge in [0.05, 0.1) is 24.2 Å². The Morgan fingerprint density at radius 2 is 2.00 bits per heavy atom. The van der Waals surface area contributed by atoms with E-state index >= 15 is 0 Å². The summed E-state index contributed by atoms with van der Waals surface area (Å²) in [5.41, 5.74) is 12.6. The van der Waals surface area contributed by atoms with Gasteiger partial charge in [-0.25, -0.2) is 9.48 Å². The van der Waals surface area contributed by atoms with Crippen molar-refractivity contribution in [2.45, 2.75) is 6.92 Å². The molecule has 0 atom stereocenters. The van der Waals surface area contributed by atoms with E-state index in [2.05, 4.69) is 10.4 Å². The molecule has 3 amide bonds. The first-order chi connectivity index (χ1) is 13.4. The molecule has 1 aromatic heterocycles. The minimum absolute atomic E-state index is 0.106. The van der Waals surface area contributed by atoms with E-state index < -0.39 is 11.9 Å². The number of hydrogen-bond acceptors (Lipinski definition) is 5. The van der Waals surface area contributed by atoms with E-state index in [0.717, 1.165) is 11.1 Å². The van der Waals surface area contributed by atoms with Crippen molar-refractivity contribution in [3.63, 3.8) is 0 Å². The maximum Gasteiger partial charge on any atom is 0.316 e. The monoisotopic (exact) mass is 381 g/mol. The number of phenols is 1. The molecule has 0 spiro atoms. The van der Waals surface area contributed by atoms with E-state index in [1.54, 1.807) is 30.3 Å². The summed E-state index contributed by atoms with van der Waals surface area (Å²) in [6.07, 6.45) is 1.43. The van der Waals surface area contributed by atoms with E-state index in [-0.39, 0.29) is 17.1 Å². The summed E-state index contributed by atoms with van der Waals surface area (Å²) in [5.74, 6) is -0.0978. The molecule has 0 bridgehead atoms. The molecule has 0 aliphatic rings. The molecule has 0 radical (unpaired) electrons. The number of nitrogens with two attached hydrogens (primary N) is 2. The number of hydrogen-bond donors (Lipinski definition) is 4. The van der Waals surface area contributed by atoms with Crippen molar-refractivity contribution in [2.75, 3.05) is 11.9 Å². The summed E-state index contributed by atoms with van der Waals surface area (Å²) >= 11 is 0. The Bertz CT molecular complexity index is 1040. The van der Waals surface area contributed by atoms with Crippen molar-refractivity contribution in [3.05, 3.63) is 54.4 Å². The number of ether oxygens (including phenoxy) is 1. The van der Waals surface area contributed by atoms with Crippen LogP contribution in [0.25, 0.3) is 16.8 Å². The molecule has 9 nitrogen and oxygen atoms in total. The van der Waals surface area contributed by atoms with Crippen LogP contribution in [0.5, 0.6) is 11.5 Å². The Kier molecular flexibility index (Phi) is 5.16. The first-order valence-corrected chi connectivity index (χ1v) is 8.41. The number of carbonyl (C=O) groups excluding carboxylic acids is 2. The number of urea groups is 1. The summed E-state index contributed by atoms with van der Waals surface area (Å²) in [7, 11) is 0. The quantitative estimate of drug-likeness (QED) is 0.517. The average Bonchev–Trinajstić information content (AvgIpc) is 3.05.